The van der Waals surface area contributed by atoms with E-state index in [4.69, 9.17) is 9.47 Å². The lowest BCUT2D eigenvalue weighted by atomic mass is 9.88. The predicted molar refractivity (Wildman–Crippen MR) is 98.0 cm³/mol. The molecule has 1 amide bonds. The first-order chi connectivity index (χ1) is 12.7. The van der Waals surface area contributed by atoms with Crippen molar-refractivity contribution in [3.63, 3.8) is 0 Å². The minimum atomic E-state index is -0.431. The van der Waals surface area contributed by atoms with E-state index in [1.807, 2.05) is 0 Å². The van der Waals surface area contributed by atoms with Crippen LogP contribution in [0.15, 0.2) is 18.2 Å². The molecule has 140 valence electrons. The number of fused-ring (bicyclic) bond motifs is 1. The van der Waals surface area contributed by atoms with E-state index < -0.39 is 5.79 Å². The molecule has 1 N–H and O–H groups in total. The van der Waals surface area contributed by atoms with Crippen LogP contribution in [0.1, 0.15) is 62.0 Å². The topological polar surface area (TPSA) is 50.8 Å². The van der Waals surface area contributed by atoms with Gasteiger partial charge in [0, 0.05) is 50.5 Å². The zero-order valence-electron chi connectivity index (χ0n) is 15.3. The fourth-order valence-corrected chi connectivity index (χ4v) is 4.80. The van der Waals surface area contributed by atoms with Crippen molar-refractivity contribution in [1.82, 2.24) is 10.2 Å². The summed E-state index contributed by atoms with van der Waals surface area (Å²) in [4.78, 5) is 14.3. The van der Waals surface area contributed by atoms with E-state index in [0.717, 1.165) is 56.3 Å². The second kappa shape index (κ2) is 6.54. The van der Waals surface area contributed by atoms with Gasteiger partial charge in [0.25, 0.3) is 0 Å². The highest BCUT2D eigenvalue weighted by Gasteiger charge is 2.42. The zero-order valence-corrected chi connectivity index (χ0v) is 15.3. The summed E-state index contributed by atoms with van der Waals surface area (Å²) in [6, 6.07) is 7.23. The fraction of sp³-hybridized carbons (Fsp3) is 0.667. The van der Waals surface area contributed by atoms with Crippen LogP contribution in [0.3, 0.4) is 0 Å². The number of nitrogens with zero attached hydrogens (tertiary/aromatic N) is 1. The number of carbonyl (C=O) groups excluding carboxylic acids is 1. The maximum absolute atomic E-state index is 11.7. The highest BCUT2D eigenvalue weighted by atomic mass is 16.7. The van der Waals surface area contributed by atoms with Gasteiger partial charge >= 0.3 is 0 Å². The molecule has 1 saturated carbocycles. The molecular formula is C21H28N2O3. The molecule has 1 aromatic carbocycles. The summed E-state index contributed by atoms with van der Waals surface area (Å²) < 4.78 is 12.6. The SMILES string of the molecule is O=C1CC(c2ccc3c(c2)COC2(CCN(C4CCC4)CC2)O3)CCN1. The van der Waals surface area contributed by atoms with Crippen LogP contribution in [0.4, 0.5) is 0 Å². The second-order valence-electron chi connectivity index (χ2n) is 8.33. The molecule has 1 spiro atoms. The van der Waals surface area contributed by atoms with Crippen LogP contribution in [-0.4, -0.2) is 42.3 Å². The van der Waals surface area contributed by atoms with Crippen molar-refractivity contribution in [1.29, 1.82) is 0 Å². The van der Waals surface area contributed by atoms with Gasteiger partial charge in [-0.15, -0.1) is 0 Å². The Kier molecular flexibility index (Phi) is 4.17. The standard InChI is InChI=1S/C21H28N2O3/c24-20-13-16(6-9-22-20)15-4-5-19-17(12-15)14-25-21(26-19)7-10-23(11-8-21)18-2-1-3-18/h4-5,12,16,18H,1-3,6-11,13-14H2,(H,22,24). The van der Waals surface area contributed by atoms with Gasteiger partial charge in [-0.2, -0.15) is 0 Å². The second-order valence-corrected chi connectivity index (χ2v) is 8.33. The third kappa shape index (κ3) is 3.01. The number of carbonyl (C=O) groups is 1. The highest BCUT2D eigenvalue weighted by molar-refractivity contribution is 5.77. The minimum absolute atomic E-state index is 0.156. The lowest BCUT2D eigenvalue weighted by molar-refractivity contribution is -0.231. The first kappa shape index (κ1) is 16.6. The maximum Gasteiger partial charge on any atom is 0.220 e. The lowest BCUT2D eigenvalue weighted by Gasteiger charge is -2.47. The van der Waals surface area contributed by atoms with Gasteiger partial charge in [-0.3, -0.25) is 9.69 Å². The van der Waals surface area contributed by atoms with Crippen molar-refractivity contribution in [2.24, 2.45) is 0 Å². The first-order valence-corrected chi connectivity index (χ1v) is 10.2. The molecule has 3 heterocycles. The molecule has 3 fully saturated rings. The first-order valence-electron chi connectivity index (χ1n) is 10.2. The summed E-state index contributed by atoms with van der Waals surface area (Å²) in [5.74, 6) is 1.01. The lowest BCUT2D eigenvalue weighted by Crippen LogP contribution is -2.54. The molecule has 5 heteroatoms. The van der Waals surface area contributed by atoms with E-state index in [2.05, 4.69) is 28.4 Å². The number of piperidine rings is 2. The average molecular weight is 356 g/mol. The number of hydrogen-bond donors (Lipinski definition) is 1. The Hall–Kier alpha value is -1.59. The van der Waals surface area contributed by atoms with Gasteiger partial charge in [-0.25, -0.2) is 0 Å². The van der Waals surface area contributed by atoms with Crippen LogP contribution < -0.4 is 10.1 Å². The van der Waals surface area contributed by atoms with E-state index in [1.165, 1.54) is 24.8 Å². The number of benzene rings is 1. The fourth-order valence-electron chi connectivity index (χ4n) is 4.80. The van der Waals surface area contributed by atoms with Gasteiger partial charge < -0.3 is 14.8 Å². The van der Waals surface area contributed by atoms with Crippen molar-refractivity contribution in [2.45, 2.75) is 69.3 Å². The van der Waals surface area contributed by atoms with Crippen LogP contribution in [-0.2, 0) is 16.1 Å². The molecule has 1 aliphatic carbocycles. The largest absolute Gasteiger partial charge is 0.462 e. The predicted octanol–water partition coefficient (Wildman–Crippen LogP) is 2.93. The average Bonchev–Trinajstić information content (AvgIpc) is 2.62. The molecule has 5 nitrogen and oxygen atoms in total. The zero-order chi connectivity index (χ0) is 17.6. The summed E-state index contributed by atoms with van der Waals surface area (Å²) in [6.07, 6.45) is 7.60. The molecule has 1 aromatic rings. The molecule has 5 rings (SSSR count). The van der Waals surface area contributed by atoms with E-state index in [9.17, 15) is 4.79 Å². The Morgan fingerprint density at radius 1 is 1.15 bits per heavy atom. The molecule has 3 aliphatic heterocycles. The van der Waals surface area contributed by atoms with Gasteiger partial charge in [0.1, 0.15) is 5.75 Å². The van der Waals surface area contributed by atoms with E-state index in [0.29, 0.717) is 18.9 Å². The smallest absolute Gasteiger partial charge is 0.220 e. The number of hydrogen-bond acceptors (Lipinski definition) is 4. The number of ether oxygens (including phenoxy) is 2. The molecule has 1 unspecified atom stereocenters. The number of nitrogens with one attached hydrogen (secondary N) is 1. The van der Waals surface area contributed by atoms with Gasteiger partial charge in [0.2, 0.25) is 11.7 Å². The number of likely N-dealkylation sites (tertiary alicyclic amines) is 1. The summed E-state index contributed by atoms with van der Waals surface area (Å²) >= 11 is 0. The van der Waals surface area contributed by atoms with Gasteiger partial charge in [-0.05, 0) is 42.9 Å². The molecule has 2 saturated heterocycles. The van der Waals surface area contributed by atoms with Crippen molar-refractivity contribution in [2.75, 3.05) is 19.6 Å². The number of rotatable bonds is 2. The minimum Gasteiger partial charge on any atom is -0.462 e. The third-order valence-corrected chi connectivity index (χ3v) is 6.74. The Morgan fingerprint density at radius 3 is 2.73 bits per heavy atom. The Balaban J connectivity index is 1.27. The number of amides is 1. The molecule has 0 bridgehead atoms. The highest BCUT2D eigenvalue weighted by Crippen LogP contribution is 2.40. The van der Waals surface area contributed by atoms with E-state index >= 15 is 0 Å². The van der Waals surface area contributed by atoms with Crippen LogP contribution in [0.2, 0.25) is 0 Å². The summed E-state index contributed by atoms with van der Waals surface area (Å²) in [5.41, 5.74) is 2.36. The Morgan fingerprint density at radius 2 is 2.00 bits per heavy atom. The van der Waals surface area contributed by atoms with Gasteiger partial charge in [0.15, 0.2) is 0 Å². The van der Waals surface area contributed by atoms with E-state index in [-0.39, 0.29) is 5.91 Å². The monoisotopic (exact) mass is 356 g/mol. The van der Waals surface area contributed by atoms with Gasteiger partial charge in [0.05, 0.1) is 6.61 Å². The molecule has 1 atom stereocenters. The molecular weight excluding hydrogens is 328 g/mol. The van der Waals surface area contributed by atoms with Crippen molar-refractivity contribution in [3.8, 4) is 5.75 Å². The normalized spacial score (nSPS) is 28.8. The van der Waals surface area contributed by atoms with Crippen LogP contribution in [0.25, 0.3) is 0 Å². The van der Waals surface area contributed by atoms with Crippen LogP contribution >= 0.6 is 0 Å². The Labute approximate surface area is 155 Å². The van der Waals surface area contributed by atoms with Crippen molar-refractivity contribution >= 4 is 5.91 Å². The Bertz CT molecular complexity index is 692. The van der Waals surface area contributed by atoms with E-state index in [1.54, 1.807) is 0 Å². The molecule has 26 heavy (non-hydrogen) atoms. The van der Waals surface area contributed by atoms with Crippen molar-refractivity contribution in [3.05, 3.63) is 29.3 Å². The van der Waals surface area contributed by atoms with Crippen LogP contribution in [0.5, 0.6) is 5.75 Å². The van der Waals surface area contributed by atoms with Gasteiger partial charge in [-0.1, -0.05) is 12.5 Å². The quantitative estimate of drug-likeness (QED) is 0.885. The molecule has 0 radical (unpaired) electrons. The van der Waals surface area contributed by atoms with Crippen LogP contribution in [0, 0.1) is 0 Å². The summed E-state index contributed by atoms with van der Waals surface area (Å²) in [7, 11) is 0. The molecule has 4 aliphatic rings. The van der Waals surface area contributed by atoms with Crippen molar-refractivity contribution < 1.29 is 14.3 Å². The molecule has 0 aromatic heterocycles. The summed E-state index contributed by atoms with van der Waals surface area (Å²) in [5, 5.41) is 2.91. The maximum atomic E-state index is 11.7. The summed E-state index contributed by atoms with van der Waals surface area (Å²) in [6.45, 7) is 3.55. The third-order valence-electron chi connectivity index (χ3n) is 6.74.